The van der Waals surface area contributed by atoms with Crippen LogP contribution in [0.4, 0.5) is 13.2 Å². The van der Waals surface area contributed by atoms with Crippen LogP contribution < -0.4 is 0 Å². The fraction of sp³-hybridized carbons (Fsp3) is 1.00. The number of aliphatic hydroxyl groups is 1. The zero-order chi connectivity index (χ0) is 8.48. The Bertz CT molecular complexity index is 132. The third-order valence-electron chi connectivity index (χ3n) is 2.15. The zero-order valence-corrected chi connectivity index (χ0v) is 6.06. The monoisotopic (exact) mass is 168 g/mol. The number of hydrogen-bond donors (Lipinski definition) is 1. The maximum absolute atomic E-state index is 12.0. The smallest absolute Gasteiger partial charge is 0.392 e. The van der Waals surface area contributed by atoms with Crippen molar-refractivity contribution in [3.63, 3.8) is 0 Å². The molecule has 1 saturated carbocycles. The first-order chi connectivity index (χ1) is 5.02. The van der Waals surface area contributed by atoms with Gasteiger partial charge in [-0.2, -0.15) is 13.2 Å². The van der Waals surface area contributed by atoms with Crippen LogP contribution in [-0.4, -0.2) is 17.4 Å². The number of aliphatic hydroxyl groups excluding tert-OH is 1. The summed E-state index contributed by atoms with van der Waals surface area (Å²) in [5.74, 6) is -1.48. The van der Waals surface area contributed by atoms with Crippen molar-refractivity contribution in [2.24, 2.45) is 5.92 Å². The molecule has 1 nitrogen and oxygen atoms in total. The standard InChI is InChI=1S/C7H11F3O/c8-7(9,10)5-3-1-2-4-6(5)11/h5-6,11H,1-4H2/t5-,6-/m1/s1. The maximum Gasteiger partial charge on any atom is 0.394 e. The van der Waals surface area contributed by atoms with Crippen molar-refractivity contribution in [3.05, 3.63) is 0 Å². The predicted octanol–water partition coefficient (Wildman–Crippen LogP) is 2.10. The highest BCUT2D eigenvalue weighted by molar-refractivity contribution is 4.79. The molecule has 11 heavy (non-hydrogen) atoms. The summed E-state index contributed by atoms with van der Waals surface area (Å²) in [5.41, 5.74) is 0. The molecule has 0 spiro atoms. The van der Waals surface area contributed by atoms with E-state index in [2.05, 4.69) is 0 Å². The normalized spacial score (nSPS) is 33.8. The van der Waals surface area contributed by atoms with E-state index in [9.17, 15) is 13.2 Å². The molecule has 1 rings (SSSR count). The molecule has 0 aromatic rings. The topological polar surface area (TPSA) is 20.2 Å². The van der Waals surface area contributed by atoms with Gasteiger partial charge in [-0.3, -0.25) is 0 Å². The summed E-state index contributed by atoms with van der Waals surface area (Å²) in [6, 6.07) is 0. The molecule has 0 heterocycles. The van der Waals surface area contributed by atoms with Gasteiger partial charge in [0.1, 0.15) is 0 Å². The molecule has 0 bridgehead atoms. The lowest BCUT2D eigenvalue weighted by Crippen LogP contribution is -2.36. The van der Waals surface area contributed by atoms with Crippen molar-refractivity contribution in [3.8, 4) is 0 Å². The highest BCUT2D eigenvalue weighted by Gasteiger charge is 2.44. The summed E-state index contributed by atoms with van der Waals surface area (Å²) in [7, 11) is 0. The van der Waals surface area contributed by atoms with Crippen LogP contribution in [-0.2, 0) is 0 Å². The van der Waals surface area contributed by atoms with Crippen molar-refractivity contribution in [2.45, 2.75) is 38.0 Å². The van der Waals surface area contributed by atoms with Gasteiger partial charge >= 0.3 is 6.18 Å². The fourth-order valence-corrected chi connectivity index (χ4v) is 1.49. The Morgan fingerprint density at radius 3 is 2.00 bits per heavy atom. The molecule has 1 aliphatic carbocycles. The van der Waals surface area contributed by atoms with Gasteiger partial charge in [0.25, 0.3) is 0 Å². The van der Waals surface area contributed by atoms with Crippen molar-refractivity contribution >= 4 is 0 Å². The summed E-state index contributed by atoms with van der Waals surface area (Å²) in [4.78, 5) is 0. The van der Waals surface area contributed by atoms with Gasteiger partial charge in [-0.25, -0.2) is 0 Å². The van der Waals surface area contributed by atoms with Crippen LogP contribution in [0.1, 0.15) is 25.7 Å². The van der Waals surface area contributed by atoms with Gasteiger partial charge in [0.2, 0.25) is 0 Å². The van der Waals surface area contributed by atoms with E-state index in [1.807, 2.05) is 0 Å². The number of rotatable bonds is 0. The van der Waals surface area contributed by atoms with E-state index in [4.69, 9.17) is 5.11 Å². The first-order valence-electron chi connectivity index (χ1n) is 3.76. The van der Waals surface area contributed by atoms with Crippen molar-refractivity contribution in [1.82, 2.24) is 0 Å². The van der Waals surface area contributed by atoms with Gasteiger partial charge in [0, 0.05) is 0 Å². The molecular formula is C7H11F3O. The molecule has 2 atom stereocenters. The van der Waals surface area contributed by atoms with Gasteiger partial charge in [0.05, 0.1) is 12.0 Å². The number of halogens is 3. The molecule has 0 unspecified atom stereocenters. The molecule has 1 fully saturated rings. The lowest BCUT2D eigenvalue weighted by Gasteiger charge is -2.29. The SMILES string of the molecule is O[C@@H]1CCCC[C@H]1C(F)(F)F. The van der Waals surface area contributed by atoms with E-state index >= 15 is 0 Å². The average molecular weight is 168 g/mol. The lowest BCUT2D eigenvalue weighted by atomic mass is 9.86. The van der Waals surface area contributed by atoms with E-state index in [0.29, 0.717) is 19.3 Å². The van der Waals surface area contributed by atoms with Gasteiger partial charge in [0.15, 0.2) is 0 Å². The Morgan fingerprint density at radius 2 is 1.64 bits per heavy atom. The maximum atomic E-state index is 12.0. The van der Waals surface area contributed by atoms with Crippen LogP contribution in [0.25, 0.3) is 0 Å². The summed E-state index contributed by atoms with van der Waals surface area (Å²) >= 11 is 0. The van der Waals surface area contributed by atoms with Crippen LogP contribution in [0.5, 0.6) is 0 Å². The summed E-state index contributed by atoms with van der Waals surface area (Å²) in [6.07, 6.45) is -3.69. The second-order valence-corrected chi connectivity index (χ2v) is 3.00. The minimum atomic E-state index is -4.21. The quantitative estimate of drug-likeness (QED) is 0.587. The fourth-order valence-electron chi connectivity index (χ4n) is 1.49. The van der Waals surface area contributed by atoms with Crippen LogP contribution in [0.15, 0.2) is 0 Å². The average Bonchev–Trinajstić information content (AvgIpc) is 1.86. The molecule has 0 aromatic heterocycles. The third kappa shape index (κ3) is 2.09. The highest BCUT2D eigenvalue weighted by Crippen LogP contribution is 2.37. The molecule has 0 amide bonds. The molecule has 0 aromatic carbocycles. The Kier molecular flexibility index (Phi) is 2.42. The van der Waals surface area contributed by atoms with Crippen molar-refractivity contribution < 1.29 is 18.3 Å². The first kappa shape index (κ1) is 8.84. The molecule has 0 saturated heterocycles. The lowest BCUT2D eigenvalue weighted by molar-refractivity contribution is -0.207. The van der Waals surface area contributed by atoms with Crippen LogP contribution in [0.2, 0.25) is 0 Å². The summed E-state index contributed by atoms with van der Waals surface area (Å²) < 4.78 is 36.1. The Balaban J connectivity index is 2.55. The summed E-state index contributed by atoms with van der Waals surface area (Å²) in [5, 5.41) is 8.98. The second kappa shape index (κ2) is 3.01. The van der Waals surface area contributed by atoms with Gasteiger partial charge in [-0.15, -0.1) is 0 Å². The van der Waals surface area contributed by atoms with Crippen LogP contribution in [0.3, 0.4) is 0 Å². The van der Waals surface area contributed by atoms with Crippen molar-refractivity contribution in [1.29, 1.82) is 0 Å². The van der Waals surface area contributed by atoms with E-state index < -0.39 is 18.2 Å². The molecule has 0 aliphatic heterocycles. The number of hydrogen-bond acceptors (Lipinski definition) is 1. The second-order valence-electron chi connectivity index (χ2n) is 3.00. The van der Waals surface area contributed by atoms with Gasteiger partial charge < -0.3 is 5.11 Å². The molecule has 0 radical (unpaired) electrons. The number of alkyl halides is 3. The van der Waals surface area contributed by atoms with Crippen molar-refractivity contribution in [2.75, 3.05) is 0 Å². The predicted molar refractivity (Wildman–Crippen MR) is 34.0 cm³/mol. The van der Waals surface area contributed by atoms with E-state index in [0.717, 1.165) is 0 Å². The molecule has 1 aliphatic rings. The van der Waals surface area contributed by atoms with Crippen LogP contribution >= 0.6 is 0 Å². The Morgan fingerprint density at radius 1 is 1.09 bits per heavy atom. The molecule has 1 N–H and O–H groups in total. The van der Waals surface area contributed by atoms with E-state index in [1.54, 1.807) is 0 Å². The molecule has 66 valence electrons. The minimum Gasteiger partial charge on any atom is -0.392 e. The Labute approximate surface area is 63.2 Å². The third-order valence-corrected chi connectivity index (χ3v) is 2.15. The Hall–Kier alpha value is -0.250. The first-order valence-corrected chi connectivity index (χ1v) is 3.76. The van der Waals surface area contributed by atoms with E-state index in [-0.39, 0.29) is 6.42 Å². The van der Waals surface area contributed by atoms with Crippen LogP contribution in [0, 0.1) is 5.92 Å². The van der Waals surface area contributed by atoms with Gasteiger partial charge in [-0.1, -0.05) is 12.8 Å². The molecule has 4 heteroatoms. The minimum absolute atomic E-state index is 0.0880. The largest absolute Gasteiger partial charge is 0.394 e. The zero-order valence-electron chi connectivity index (χ0n) is 6.06. The molecular weight excluding hydrogens is 157 g/mol. The van der Waals surface area contributed by atoms with Gasteiger partial charge in [-0.05, 0) is 12.8 Å². The van der Waals surface area contributed by atoms with E-state index in [1.165, 1.54) is 0 Å². The highest BCUT2D eigenvalue weighted by atomic mass is 19.4. The summed E-state index contributed by atoms with van der Waals surface area (Å²) in [6.45, 7) is 0.